The maximum Gasteiger partial charge on any atom is 0.232 e. The molecule has 1 atom stereocenters. The second-order valence-corrected chi connectivity index (χ2v) is 8.75. The Kier molecular flexibility index (Phi) is 8.57. The fourth-order valence-electron chi connectivity index (χ4n) is 4.31. The van der Waals surface area contributed by atoms with E-state index in [1.165, 1.54) is 0 Å². The predicted octanol–water partition coefficient (Wildman–Crippen LogP) is 4.14. The van der Waals surface area contributed by atoms with Crippen LogP contribution >= 0.6 is 0 Å². The Bertz CT molecular complexity index is 1020. The first-order valence-corrected chi connectivity index (χ1v) is 12.1. The molecule has 0 aliphatic carbocycles. The van der Waals surface area contributed by atoms with Crippen LogP contribution in [0.1, 0.15) is 24.5 Å². The molecule has 7 heteroatoms. The molecule has 7 nitrogen and oxygen atoms in total. The maximum absolute atomic E-state index is 10.8. The highest BCUT2D eigenvalue weighted by atomic mass is 16.5. The topological polar surface area (TPSA) is 71.2 Å². The third-order valence-electron chi connectivity index (χ3n) is 6.03. The normalized spacial score (nSPS) is 15.0. The van der Waals surface area contributed by atoms with Gasteiger partial charge in [-0.05, 0) is 31.5 Å². The minimum absolute atomic E-state index is 0.247. The monoisotopic (exact) mass is 465 g/mol. The van der Waals surface area contributed by atoms with Crippen LogP contribution in [0.4, 0.5) is 5.88 Å². The van der Waals surface area contributed by atoms with Crippen LogP contribution in [0.2, 0.25) is 0 Å². The zero-order valence-corrected chi connectivity index (χ0v) is 20.2. The first-order valence-electron chi connectivity index (χ1n) is 12.1. The lowest BCUT2D eigenvalue weighted by atomic mass is 10.1. The molecule has 1 fully saturated rings. The lowest BCUT2D eigenvalue weighted by Crippen LogP contribution is -2.38. The van der Waals surface area contributed by atoms with E-state index in [0.717, 1.165) is 60.1 Å². The average Bonchev–Trinajstić information content (AvgIpc) is 3.28. The summed E-state index contributed by atoms with van der Waals surface area (Å²) < 4.78 is 17.3. The summed E-state index contributed by atoms with van der Waals surface area (Å²) >= 11 is 0. The number of aliphatic hydroxyl groups excluding tert-OH is 1. The molecule has 0 radical (unpaired) electrons. The Hall–Kier alpha value is -2.87. The molecule has 1 aromatic heterocycles. The van der Waals surface area contributed by atoms with Crippen LogP contribution in [0.15, 0.2) is 59.1 Å². The Balaban J connectivity index is 1.51. The van der Waals surface area contributed by atoms with Crippen molar-refractivity contribution in [2.24, 2.45) is 0 Å². The summed E-state index contributed by atoms with van der Waals surface area (Å²) in [5, 5.41) is 15.3. The SMILES string of the molecule is CCCN(Cc1c(-c2ccccc2)noc1N1CCOCC1)C[C@@H](O)COc1ccccc1C. The van der Waals surface area contributed by atoms with Gasteiger partial charge in [0.2, 0.25) is 5.88 Å². The lowest BCUT2D eigenvalue weighted by molar-refractivity contribution is 0.0653. The summed E-state index contributed by atoms with van der Waals surface area (Å²) in [4.78, 5) is 4.47. The highest BCUT2D eigenvalue weighted by molar-refractivity contribution is 5.68. The van der Waals surface area contributed by atoms with Crippen molar-refractivity contribution < 1.29 is 19.1 Å². The van der Waals surface area contributed by atoms with Gasteiger partial charge in [-0.3, -0.25) is 4.90 Å². The molecule has 182 valence electrons. The molecule has 34 heavy (non-hydrogen) atoms. The standard InChI is InChI=1S/C27H35N3O4/c1-3-13-29(18-23(31)20-33-25-12-8-7-9-21(25)2)19-24-26(22-10-5-4-6-11-22)28-34-27(24)30-14-16-32-17-15-30/h4-12,23,31H,3,13-20H2,1-2H3/t23-/m1/s1. The zero-order chi connectivity index (χ0) is 23.8. The van der Waals surface area contributed by atoms with Crippen LogP contribution in [-0.2, 0) is 11.3 Å². The van der Waals surface area contributed by atoms with Gasteiger partial charge >= 0.3 is 0 Å². The Labute approximate surface area is 201 Å². The Morgan fingerprint density at radius 3 is 2.56 bits per heavy atom. The average molecular weight is 466 g/mol. The molecule has 0 unspecified atom stereocenters. The number of hydrogen-bond donors (Lipinski definition) is 1. The van der Waals surface area contributed by atoms with E-state index in [4.69, 9.17) is 14.0 Å². The van der Waals surface area contributed by atoms with Crippen LogP contribution in [0.3, 0.4) is 0 Å². The van der Waals surface area contributed by atoms with Gasteiger partial charge < -0.3 is 24.0 Å². The van der Waals surface area contributed by atoms with Crippen LogP contribution < -0.4 is 9.64 Å². The van der Waals surface area contributed by atoms with Crippen LogP contribution in [-0.4, -0.2) is 67.3 Å². The maximum atomic E-state index is 10.8. The second kappa shape index (κ2) is 12.0. The van der Waals surface area contributed by atoms with Gasteiger partial charge in [-0.25, -0.2) is 0 Å². The number of aromatic nitrogens is 1. The van der Waals surface area contributed by atoms with Crippen molar-refractivity contribution in [3.05, 3.63) is 65.7 Å². The number of aliphatic hydroxyl groups is 1. The molecule has 3 aromatic rings. The molecule has 0 bridgehead atoms. The van der Waals surface area contributed by atoms with Gasteiger partial charge in [-0.1, -0.05) is 60.6 Å². The zero-order valence-electron chi connectivity index (χ0n) is 20.2. The van der Waals surface area contributed by atoms with Crippen molar-refractivity contribution in [3.63, 3.8) is 0 Å². The fourth-order valence-corrected chi connectivity index (χ4v) is 4.31. The van der Waals surface area contributed by atoms with Crippen LogP contribution in [0.25, 0.3) is 11.3 Å². The van der Waals surface area contributed by atoms with E-state index < -0.39 is 6.10 Å². The van der Waals surface area contributed by atoms with Gasteiger partial charge in [0.15, 0.2) is 0 Å². The van der Waals surface area contributed by atoms with E-state index in [1.807, 2.05) is 49.4 Å². The van der Waals surface area contributed by atoms with E-state index in [0.29, 0.717) is 26.3 Å². The van der Waals surface area contributed by atoms with Crippen LogP contribution in [0, 0.1) is 6.92 Å². The van der Waals surface area contributed by atoms with Gasteiger partial charge in [0.1, 0.15) is 24.2 Å². The van der Waals surface area contributed by atoms with Gasteiger partial charge in [0.25, 0.3) is 0 Å². The molecule has 2 aromatic carbocycles. The number of anilines is 1. The fraction of sp³-hybridized carbons (Fsp3) is 0.444. The number of nitrogens with zero attached hydrogens (tertiary/aromatic N) is 3. The Morgan fingerprint density at radius 2 is 1.82 bits per heavy atom. The molecule has 0 saturated carbocycles. The minimum Gasteiger partial charge on any atom is -0.491 e. The molecular weight excluding hydrogens is 430 g/mol. The van der Waals surface area contributed by atoms with Crippen molar-refractivity contribution in [1.29, 1.82) is 0 Å². The van der Waals surface area contributed by atoms with Gasteiger partial charge in [0.05, 0.1) is 18.8 Å². The lowest BCUT2D eigenvalue weighted by Gasteiger charge is -2.29. The molecule has 1 saturated heterocycles. The van der Waals surface area contributed by atoms with E-state index in [2.05, 4.69) is 34.0 Å². The Morgan fingerprint density at radius 1 is 1.09 bits per heavy atom. The van der Waals surface area contributed by atoms with Gasteiger partial charge in [-0.15, -0.1) is 0 Å². The van der Waals surface area contributed by atoms with Crippen molar-refractivity contribution in [2.45, 2.75) is 32.9 Å². The summed E-state index contributed by atoms with van der Waals surface area (Å²) in [5.74, 6) is 1.61. The summed E-state index contributed by atoms with van der Waals surface area (Å²) in [6, 6.07) is 18.0. The number of ether oxygens (including phenoxy) is 2. The number of benzene rings is 2. The number of rotatable bonds is 11. The number of hydrogen-bond acceptors (Lipinski definition) is 7. The van der Waals surface area contributed by atoms with Crippen molar-refractivity contribution in [1.82, 2.24) is 10.1 Å². The number of aryl methyl sites for hydroxylation is 1. The predicted molar refractivity (Wildman–Crippen MR) is 133 cm³/mol. The van der Waals surface area contributed by atoms with Crippen molar-refractivity contribution in [3.8, 4) is 17.0 Å². The van der Waals surface area contributed by atoms with E-state index in [-0.39, 0.29) is 6.61 Å². The molecule has 0 amide bonds. The quantitative estimate of drug-likeness (QED) is 0.456. The summed E-state index contributed by atoms with van der Waals surface area (Å²) in [7, 11) is 0. The largest absolute Gasteiger partial charge is 0.491 e. The van der Waals surface area contributed by atoms with Crippen molar-refractivity contribution >= 4 is 5.88 Å². The smallest absolute Gasteiger partial charge is 0.232 e. The summed E-state index contributed by atoms with van der Waals surface area (Å²) in [5.41, 5.74) is 4.00. The van der Waals surface area contributed by atoms with Gasteiger partial charge in [-0.2, -0.15) is 0 Å². The molecule has 2 heterocycles. The third kappa shape index (κ3) is 6.17. The minimum atomic E-state index is -0.613. The van der Waals surface area contributed by atoms with E-state index in [1.54, 1.807) is 0 Å². The highest BCUT2D eigenvalue weighted by Gasteiger charge is 2.26. The second-order valence-electron chi connectivity index (χ2n) is 8.75. The molecule has 4 rings (SSSR count). The van der Waals surface area contributed by atoms with Crippen LogP contribution in [0.5, 0.6) is 5.75 Å². The molecule has 1 aliphatic heterocycles. The number of para-hydroxylation sites is 1. The molecule has 0 spiro atoms. The van der Waals surface area contributed by atoms with E-state index in [9.17, 15) is 5.11 Å². The number of morpholine rings is 1. The first-order chi connectivity index (χ1) is 16.7. The van der Waals surface area contributed by atoms with E-state index >= 15 is 0 Å². The molecule has 1 N–H and O–H groups in total. The molecular formula is C27H35N3O4. The van der Waals surface area contributed by atoms with Crippen molar-refractivity contribution in [2.75, 3.05) is 50.9 Å². The summed E-state index contributed by atoms with van der Waals surface area (Å²) in [6.07, 6.45) is 0.363. The third-order valence-corrected chi connectivity index (χ3v) is 6.03. The molecule has 1 aliphatic rings. The van der Waals surface area contributed by atoms with Gasteiger partial charge in [0, 0.05) is 31.7 Å². The summed E-state index contributed by atoms with van der Waals surface area (Å²) in [6.45, 7) is 9.29. The highest BCUT2D eigenvalue weighted by Crippen LogP contribution is 2.33. The first kappa shape index (κ1) is 24.3.